The molecule has 216 valence electrons. The third-order valence-corrected chi connectivity index (χ3v) is 8.11. The summed E-state index contributed by atoms with van der Waals surface area (Å²) in [7, 11) is 0. The molecule has 0 unspecified atom stereocenters. The van der Waals surface area contributed by atoms with Crippen LogP contribution < -0.4 is 0 Å². The van der Waals surface area contributed by atoms with E-state index in [-0.39, 0.29) is 0 Å². The van der Waals surface area contributed by atoms with Crippen LogP contribution in [-0.2, 0) is 0 Å². The first-order valence-electron chi connectivity index (χ1n) is 15.1. The summed E-state index contributed by atoms with van der Waals surface area (Å²) in [5.74, 6) is 0. The van der Waals surface area contributed by atoms with E-state index in [9.17, 15) is 0 Å². The summed E-state index contributed by atoms with van der Waals surface area (Å²) in [5, 5.41) is 2.31. The van der Waals surface area contributed by atoms with Crippen LogP contribution in [0.5, 0.6) is 0 Å². The molecule has 5 nitrogen and oxygen atoms in total. The third-order valence-electron chi connectivity index (χ3n) is 8.11. The third kappa shape index (κ3) is 5.31. The minimum absolute atomic E-state index is 0.802. The molecule has 0 aliphatic heterocycles. The first-order chi connectivity index (χ1) is 22.8. The van der Waals surface area contributed by atoms with Crippen molar-refractivity contribution in [3.05, 3.63) is 164 Å². The van der Waals surface area contributed by atoms with E-state index in [0.717, 1.165) is 78.2 Å². The minimum atomic E-state index is 0.802. The maximum Gasteiger partial charge on any atom is 0.0900 e. The molecule has 8 aromatic rings. The average Bonchev–Trinajstić information content (AvgIpc) is 3.15. The minimum Gasteiger partial charge on any atom is -0.264 e. The van der Waals surface area contributed by atoms with Gasteiger partial charge in [-0.25, -0.2) is 4.98 Å². The molecule has 0 N–H and O–H groups in total. The van der Waals surface area contributed by atoms with Gasteiger partial charge in [-0.3, -0.25) is 19.9 Å². The Morgan fingerprint density at radius 2 is 0.848 bits per heavy atom. The standard InChI is InChI=1S/C41H27N5/c1-2-12-36-34(31-25-40(38-14-4-7-20-44-38)46-41(26-31)39-15-5-8-21-45-39)17-16-33(35(36)11-1)30-22-29(28-10-9-18-42-27-28)23-32(24-30)37-13-3-6-19-43-37/h1-27H. The maximum absolute atomic E-state index is 4.99. The number of fused-ring (bicyclic) bond motifs is 1. The van der Waals surface area contributed by atoms with Crippen LogP contribution in [0.1, 0.15) is 0 Å². The van der Waals surface area contributed by atoms with E-state index < -0.39 is 0 Å². The van der Waals surface area contributed by atoms with Gasteiger partial charge in [0.1, 0.15) is 0 Å². The van der Waals surface area contributed by atoms with Gasteiger partial charge in [-0.15, -0.1) is 0 Å². The molecule has 8 rings (SSSR count). The van der Waals surface area contributed by atoms with E-state index in [4.69, 9.17) is 4.98 Å². The predicted molar refractivity (Wildman–Crippen MR) is 186 cm³/mol. The second-order valence-corrected chi connectivity index (χ2v) is 11.0. The Morgan fingerprint density at radius 1 is 0.326 bits per heavy atom. The highest BCUT2D eigenvalue weighted by Gasteiger charge is 2.16. The van der Waals surface area contributed by atoms with Crippen molar-refractivity contribution in [1.82, 2.24) is 24.9 Å². The molecule has 5 heterocycles. The zero-order chi connectivity index (χ0) is 30.7. The molecule has 0 atom stereocenters. The van der Waals surface area contributed by atoms with E-state index >= 15 is 0 Å². The van der Waals surface area contributed by atoms with E-state index in [1.807, 2.05) is 67.0 Å². The van der Waals surface area contributed by atoms with Crippen molar-refractivity contribution in [3.63, 3.8) is 0 Å². The number of hydrogen-bond donors (Lipinski definition) is 0. The molecule has 3 aromatic carbocycles. The summed E-state index contributed by atoms with van der Waals surface area (Å²) >= 11 is 0. The number of hydrogen-bond acceptors (Lipinski definition) is 5. The average molecular weight is 590 g/mol. The molecule has 0 fully saturated rings. The van der Waals surface area contributed by atoms with Crippen LogP contribution in [0.15, 0.2) is 164 Å². The van der Waals surface area contributed by atoms with Crippen LogP contribution >= 0.6 is 0 Å². The Bertz CT molecular complexity index is 2010. The molecule has 0 radical (unpaired) electrons. The van der Waals surface area contributed by atoms with Gasteiger partial charge in [0.2, 0.25) is 0 Å². The van der Waals surface area contributed by atoms with Crippen molar-refractivity contribution in [3.8, 4) is 67.4 Å². The molecule has 0 saturated carbocycles. The van der Waals surface area contributed by atoms with Crippen molar-refractivity contribution in [2.75, 3.05) is 0 Å². The van der Waals surface area contributed by atoms with Gasteiger partial charge in [0, 0.05) is 42.1 Å². The molecule has 46 heavy (non-hydrogen) atoms. The van der Waals surface area contributed by atoms with Crippen LogP contribution in [0, 0.1) is 0 Å². The normalized spacial score (nSPS) is 11.0. The molecule has 5 aromatic heterocycles. The first-order valence-corrected chi connectivity index (χ1v) is 15.1. The van der Waals surface area contributed by atoms with Gasteiger partial charge in [0.25, 0.3) is 0 Å². The molecule has 5 heteroatoms. The van der Waals surface area contributed by atoms with Gasteiger partial charge in [-0.2, -0.15) is 0 Å². The maximum atomic E-state index is 4.99. The molecule has 0 saturated heterocycles. The predicted octanol–water partition coefficient (Wildman–Crippen LogP) is 9.82. The summed E-state index contributed by atoms with van der Waals surface area (Å²) in [6.07, 6.45) is 9.14. The van der Waals surface area contributed by atoms with Gasteiger partial charge in [-0.1, -0.05) is 60.7 Å². The van der Waals surface area contributed by atoms with Crippen molar-refractivity contribution in [1.29, 1.82) is 0 Å². The molecular formula is C41H27N5. The highest BCUT2D eigenvalue weighted by molar-refractivity contribution is 6.06. The Hall–Kier alpha value is -6.33. The van der Waals surface area contributed by atoms with Gasteiger partial charge < -0.3 is 0 Å². The topological polar surface area (TPSA) is 64.5 Å². The summed E-state index contributed by atoms with van der Waals surface area (Å²) in [5.41, 5.74) is 11.8. The van der Waals surface area contributed by atoms with Gasteiger partial charge in [0.05, 0.1) is 28.5 Å². The van der Waals surface area contributed by atoms with Crippen LogP contribution in [0.3, 0.4) is 0 Å². The molecule has 0 bridgehead atoms. The van der Waals surface area contributed by atoms with E-state index in [0.29, 0.717) is 0 Å². The Labute approximate surface area is 267 Å². The Morgan fingerprint density at radius 3 is 1.39 bits per heavy atom. The lowest BCUT2D eigenvalue weighted by atomic mass is 9.89. The van der Waals surface area contributed by atoms with Gasteiger partial charge in [0.15, 0.2) is 0 Å². The molecule has 0 spiro atoms. The monoisotopic (exact) mass is 589 g/mol. The largest absolute Gasteiger partial charge is 0.264 e. The quantitative estimate of drug-likeness (QED) is 0.193. The zero-order valence-electron chi connectivity index (χ0n) is 24.8. The number of rotatable bonds is 6. The number of benzene rings is 3. The van der Waals surface area contributed by atoms with Crippen LogP contribution in [0.25, 0.3) is 78.2 Å². The Kier molecular flexibility index (Phi) is 7.09. The summed E-state index contributed by atoms with van der Waals surface area (Å²) in [4.78, 5) is 23.3. The SMILES string of the molecule is c1ccc(-c2cc(-c3cccnc3)cc(-c3ccc(-c4cc(-c5ccccn5)nc(-c5ccccn5)c4)c4ccccc34)c2)nc1. The highest BCUT2D eigenvalue weighted by Crippen LogP contribution is 2.40. The lowest BCUT2D eigenvalue weighted by Crippen LogP contribution is -1.95. The lowest BCUT2D eigenvalue weighted by molar-refractivity contribution is 1.22. The van der Waals surface area contributed by atoms with Crippen molar-refractivity contribution in [2.24, 2.45) is 0 Å². The summed E-state index contributed by atoms with van der Waals surface area (Å²) in [6.45, 7) is 0. The van der Waals surface area contributed by atoms with Crippen LogP contribution in [-0.4, -0.2) is 24.9 Å². The first kappa shape index (κ1) is 27.2. The van der Waals surface area contributed by atoms with E-state index in [1.165, 1.54) is 0 Å². The molecule has 0 aliphatic carbocycles. The fourth-order valence-corrected chi connectivity index (χ4v) is 5.94. The number of aromatic nitrogens is 5. The zero-order valence-corrected chi connectivity index (χ0v) is 24.8. The lowest BCUT2D eigenvalue weighted by Gasteiger charge is -2.16. The fraction of sp³-hybridized carbons (Fsp3) is 0. The second-order valence-electron chi connectivity index (χ2n) is 11.0. The van der Waals surface area contributed by atoms with Crippen molar-refractivity contribution < 1.29 is 0 Å². The van der Waals surface area contributed by atoms with Crippen LogP contribution in [0.4, 0.5) is 0 Å². The molecule has 0 aliphatic rings. The second kappa shape index (κ2) is 12.0. The van der Waals surface area contributed by atoms with E-state index in [2.05, 4.69) is 98.8 Å². The molecular weight excluding hydrogens is 562 g/mol. The molecule has 0 amide bonds. The van der Waals surface area contributed by atoms with Gasteiger partial charge in [-0.05, 0) is 111 Å². The number of nitrogens with zero attached hydrogens (tertiary/aromatic N) is 5. The van der Waals surface area contributed by atoms with E-state index in [1.54, 1.807) is 18.6 Å². The highest BCUT2D eigenvalue weighted by atomic mass is 14.8. The summed E-state index contributed by atoms with van der Waals surface area (Å²) in [6, 6.07) is 45.8. The Balaban J connectivity index is 1.33. The van der Waals surface area contributed by atoms with Crippen molar-refractivity contribution >= 4 is 10.8 Å². The van der Waals surface area contributed by atoms with Crippen molar-refractivity contribution in [2.45, 2.75) is 0 Å². The fourth-order valence-electron chi connectivity index (χ4n) is 5.94. The number of pyridine rings is 5. The summed E-state index contributed by atoms with van der Waals surface area (Å²) < 4.78 is 0. The smallest absolute Gasteiger partial charge is 0.0900 e. The van der Waals surface area contributed by atoms with Gasteiger partial charge >= 0.3 is 0 Å². The van der Waals surface area contributed by atoms with Crippen LogP contribution in [0.2, 0.25) is 0 Å².